The summed E-state index contributed by atoms with van der Waals surface area (Å²) in [7, 11) is 8.47. The van der Waals surface area contributed by atoms with E-state index in [2.05, 4.69) is 475 Å². The first kappa shape index (κ1) is 71.8. The SMILES string of the molecule is CN(c1ccccc1)c1ccccc1.Cn1c2ccc(-c3ccccc3)cc2c2cc(-c3ccccc3)ccc21.Cn1c2ccccc2c2cc(-c3ccccc3)ccc21.Cn1c2ccccc2c2ccccc21.c1ccc(-n2c3ccccc3c3ccccc32)cc1.c1ccc(N(c2ccccc2)c2ccccc2)cc1. The third kappa shape index (κ3) is 15.4. The number of para-hydroxylation sites is 11. The van der Waals surface area contributed by atoms with Crippen LogP contribution in [-0.4, -0.2) is 25.3 Å². The average molecular weight is 1440 g/mol. The first-order valence-electron chi connectivity index (χ1n) is 38.2. The van der Waals surface area contributed by atoms with E-state index in [4.69, 9.17) is 0 Å². The molecule has 17 aromatic carbocycles. The lowest BCUT2D eigenvalue weighted by Crippen LogP contribution is -2.09. The zero-order valence-electron chi connectivity index (χ0n) is 63.4. The van der Waals surface area contributed by atoms with Gasteiger partial charge in [0.1, 0.15) is 0 Å². The van der Waals surface area contributed by atoms with E-state index in [0.29, 0.717) is 0 Å². The van der Waals surface area contributed by atoms with E-state index in [1.807, 2.05) is 30.3 Å². The summed E-state index contributed by atoms with van der Waals surface area (Å²) >= 11 is 0. The van der Waals surface area contributed by atoms with Gasteiger partial charge in [0.05, 0.1) is 11.0 Å². The molecule has 0 N–H and O–H groups in total. The second-order valence-corrected chi connectivity index (χ2v) is 27.8. The first-order valence-corrected chi connectivity index (χ1v) is 38.2. The molecule has 540 valence electrons. The Morgan fingerprint density at radius 1 is 0.170 bits per heavy atom. The van der Waals surface area contributed by atoms with Gasteiger partial charge >= 0.3 is 0 Å². The summed E-state index contributed by atoms with van der Waals surface area (Å²) < 4.78 is 9.11. The lowest BCUT2D eigenvalue weighted by molar-refractivity contribution is 1.01. The Hall–Kier alpha value is -14.5. The first-order chi connectivity index (χ1) is 55.3. The summed E-state index contributed by atoms with van der Waals surface area (Å²) in [6, 6.07) is 157. The molecule has 0 aliphatic carbocycles. The highest BCUT2D eigenvalue weighted by molar-refractivity contribution is 6.12. The quantitative estimate of drug-likeness (QED) is 0.144. The monoisotopic (exact) mass is 1440 g/mol. The van der Waals surface area contributed by atoms with Crippen molar-refractivity contribution in [1.29, 1.82) is 0 Å². The standard InChI is InChI=1S/C25H19N.C19H15N.C18H13N.C18H15N.C13H11N.C13H13N/c1-26-24-14-12-20(18-8-4-2-5-9-18)16-22(24)23-17-21(13-15-25(23)26)19-10-6-3-7-11-19;1-20-18-10-6-5-9-16(18)17-13-15(11-12-19(17)20)14-7-3-2-4-8-14;1-2-8-14(9-3-1)19-17-12-6-4-10-15(17)16-11-5-7-13-18(16)19;1-4-10-16(11-5-1)19(17-12-6-2-7-13-17)18-14-8-3-9-15-18;1-14-12-8-4-2-6-10(12)11-7-3-5-9-13(11)14;1-14(12-8-4-2-5-9-12)13-10-6-3-7-11-13/h2-17H,1H3;2-13H,1H3;1-13H;1-15H;2-9H,1H3;2-11H,1H3. The molecule has 6 nitrogen and oxygen atoms in total. The van der Waals surface area contributed by atoms with Crippen molar-refractivity contribution < 1.29 is 0 Å². The Morgan fingerprint density at radius 3 is 0.670 bits per heavy atom. The molecular formula is C106H86N6. The third-order valence-electron chi connectivity index (χ3n) is 21.0. The van der Waals surface area contributed by atoms with Gasteiger partial charge in [0.15, 0.2) is 0 Å². The molecule has 0 saturated carbocycles. The predicted octanol–water partition coefficient (Wildman–Crippen LogP) is 28.4. The molecule has 0 aliphatic rings. The number of fused-ring (bicyclic) bond motifs is 12. The van der Waals surface area contributed by atoms with Crippen molar-refractivity contribution in [3.63, 3.8) is 0 Å². The van der Waals surface area contributed by atoms with E-state index in [-0.39, 0.29) is 0 Å². The number of hydrogen-bond acceptors (Lipinski definition) is 2. The van der Waals surface area contributed by atoms with Crippen molar-refractivity contribution in [3.05, 3.63) is 449 Å². The summed E-state index contributed by atoms with van der Waals surface area (Å²) in [5.74, 6) is 0. The zero-order valence-corrected chi connectivity index (χ0v) is 63.4. The summed E-state index contributed by atoms with van der Waals surface area (Å²) in [6.45, 7) is 0. The summed E-state index contributed by atoms with van der Waals surface area (Å²) in [5, 5.41) is 10.6. The molecule has 0 bridgehead atoms. The van der Waals surface area contributed by atoms with Crippen LogP contribution in [0, 0.1) is 0 Å². The summed E-state index contributed by atoms with van der Waals surface area (Å²) in [4.78, 5) is 4.42. The lowest BCUT2D eigenvalue weighted by atomic mass is 10.0. The van der Waals surface area contributed by atoms with Crippen LogP contribution in [-0.2, 0) is 21.1 Å². The summed E-state index contributed by atoms with van der Waals surface area (Å²) in [5.41, 5.74) is 24.9. The number of aromatic nitrogens is 4. The second-order valence-electron chi connectivity index (χ2n) is 27.8. The van der Waals surface area contributed by atoms with Crippen molar-refractivity contribution in [2.75, 3.05) is 16.8 Å². The number of rotatable bonds is 9. The van der Waals surface area contributed by atoms with Crippen molar-refractivity contribution >= 4 is 116 Å². The Kier molecular flexibility index (Phi) is 21.6. The highest BCUT2D eigenvalue weighted by Gasteiger charge is 2.16. The van der Waals surface area contributed by atoms with Gasteiger partial charge < -0.3 is 28.1 Å². The maximum atomic E-state index is 2.32. The smallest absolute Gasteiger partial charge is 0.0541 e. The minimum Gasteiger partial charge on any atom is -0.345 e. The fourth-order valence-corrected chi connectivity index (χ4v) is 15.3. The minimum atomic E-state index is 1.17. The van der Waals surface area contributed by atoms with Crippen LogP contribution in [0.2, 0.25) is 0 Å². The van der Waals surface area contributed by atoms with E-state index in [0.717, 1.165) is 0 Å². The molecule has 0 amide bonds. The molecular weight excluding hydrogens is 1360 g/mol. The molecule has 0 radical (unpaired) electrons. The van der Waals surface area contributed by atoms with Crippen LogP contribution in [0.15, 0.2) is 449 Å². The molecule has 112 heavy (non-hydrogen) atoms. The maximum absolute atomic E-state index is 2.32. The van der Waals surface area contributed by atoms with E-state index < -0.39 is 0 Å². The lowest BCUT2D eigenvalue weighted by Gasteiger charge is -2.25. The van der Waals surface area contributed by atoms with Crippen LogP contribution in [0.1, 0.15) is 0 Å². The van der Waals surface area contributed by atoms with Gasteiger partial charge in [-0.1, -0.05) is 309 Å². The van der Waals surface area contributed by atoms with Gasteiger partial charge in [-0.15, -0.1) is 0 Å². The van der Waals surface area contributed by atoms with Crippen LogP contribution >= 0.6 is 0 Å². The number of anilines is 5. The molecule has 0 fully saturated rings. The van der Waals surface area contributed by atoms with Gasteiger partial charge in [-0.05, 0) is 173 Å². The Morgan fingerprint density at radius 2 is 0.375 bits per heavy atom. The van der Waals surface area contributed by atoms with E-state index in [1.54, 1.807) is 0 Å². The van der Waals surface area contributed by atoms with E-state index in [1.165, 1.54) is 155 Å². The number of nitrogens with zero attached hydrogens (tertiary/aromatic N) is 6. The maximum Gasteiger partial charge on any atom is 0.0541 e. The van der Waals surface area contributed by atoms with Gasteiger partial charge in [0, 0.05) is 139 Å². The topological polar surface area (TPSA) is 26.2 Å². The van der Waals surface area contributed by atoms with Crippen LogP contribution in [0.5, 0.6) is 0 Å². The minimum absolute atomic E-state index is 1.17. The summed E-state index contributed by atoms with van der Waals surface area (Å²) in [6.07, 6.45) is 0. The molecule has 0 atom stereocenters. The Balaban J connectivity index is 0.000000103. The van der Waals surface area contributed by atoms with Gasteiger partial charge in [-0.3, -0.25) is 0 Å². The largest absolute Gasteiger partial charge is 0.345 e. The third-order valence-corrected chi connectivity index (χ3v) is 21.0. The highest BCUT2D eigenvalue weighted by Crippen LogP contribution is 2.38. The highest BCUT2D eigenvalue weighted by atomic mass is 15.1. The molecule has 0 unspecified atom stereocenters. The van der Waals surface area contributed by atoms with E-state index >= 15 is 0 Å². The Bertz CT molecular complexity index is 6300. The van der Waals surface area contributed by atoms with Crippen molar-refractivity contribution in [1.82, 2.24) is 18.3 Å². The zero-order chi connectivity index (χ0) is 76.0. The molecule has 0 spiro atoms. The van der Waals surface area contributed by atoms with Gasteiger partial charge in [-0.2, -0.15) is 0 Å². The predicted molar refractivity (Wildman–Crippen MR) is 480 cm³/mol. The van der Waals surface area contributed by atoms with Crippen LogP contribution in [0.3, 0.4) is 0 Å². The average Bonchev–Trinajstić information content (AvgIpc) is 1.62. The molecule has 0 saturated heterocycles. The number of aryl methyl sites for hydroxylation is 3. The van der Waals surface area contributed by atoms with Crippen LogP contribution in [0.4, 0.5) is 28.4 Å². The number of benzene rings is 17. The van der Waals surface area contributed by atoms with Crippen LogP contribution < -0.4 is 9.80 Å². The fourth-order valence-electron chi connectivity index (χ4n) is 15.3. The Labute approximate surface area is 655 Å². The van der Waals surface area contributed by atoms with Crippen LogP contribution in [0.25, 0.3) is 126 Å². The normalized spacial score (nSPS) is 10.9. The molecule has 4 aromatic heterocycles. The van der Waals surface area contributed by atoms with Gasteiger partial charge in [-0.25, -0.2) is 0 Å². The molecule has 21 aromatic rings. The molecule has 4 heterocycles. The molecule has 0 aliphatic heterocycles. The molecule has 6 heteroatoms. The van der Waals surface area contributed by atoms with Crippen molar-refractivity contribution in [2.45, 2.75) is 0 Å². The van der Waals surface area contributed by atoms with E-state index in [9.17, 15) is 0 Å². The fraction of sp³-hybridized carbons (Fsp3) is 0.0377. The van der Waals surface area contributed by atoms with Crippen molar-refractivity contribution in [3.8, 4) is 39.1 Å². The van der Waals surface area contributed by atoms with Crippen molar-refractivity contribution in [2.24, 2.45) is 21.1 Å². The van der Waals surface area contributed by atoms with Gasteiger partial charge in [0.25, 0.3) is 0 Å². The molecule has 21 rings (SSSR count). The van der Waals surface area contributed by atoms with Gasteiger partial charge in [0.2, 0.25) is 0 Å². The second kappa shape index (κ2) is 33.8. The number of hydrogen-bond donors (Lipinski definition) is 0.